The number of fused-ring (bicyclic) bond motifs is 1. The highest BCUT2D eigenvalue weighted by atomic mass is 32.1. The molecule has 0 spiro atoms. The molecule has 0 aliphatic carbocycles. The molecule has 126 valence electrons. The predicted molar refractivity (Wildman–Crippen MR) is 93.3 cm³/mol. The zero-order valence-electron chi connectivity index (χ0n) is 14.2. The van der Waals surface area contributed by atoms with Crippen molar-refractivity contribution in [3.63, 3.8) is 0 Å². The van der Waals surface area contributed by atoms with E-state index in [4.69, 9.17) is 9.47 Å². The molecule has 0 aliphatic heterocycles. The quantitative estimate of drug-likeness (QED) is 0.774. The molecule has 0 N–H and O–H groups in total. The van der Waals surface area contributed by atoms with Crippen molar-refractivity contribution in [2.75, 3.05) is 14.2 Å². The van der Waals surface area contributed by atoms with Gasteiger partial charge in [-0.15, -0.1) is 0 Å². The minimum atomic E-state index is -0.0535. The van der Waals surface area contributed by atoms with E-state index in [0.29, 0.717) is 17.9 Å². The molecule has 6 heteroatoms. The zero-order chi connectivity index (χ0) is 16.8. The summed E-state index contributed by atoms with van der Waals surface area (Å²) in [6.45, 7) is 5.00. The highest BCUT2D eigenvalue weighted by Gasteiger charge is 2.12. The first-order valence-electron chi connectivity index (χ1n) is 7.97. The predicted octanol–water partition coefficient (Wildman–Crippen LogP) is 3.75. The number of methoxy groups -OCH3 is 2. The summed E-state index contributed by atoms with van der Waals surface area (Å²) in [6, 6.07) is 3.90. The van der Waals surface area contributed by atoms with Crippen LogP contribution in [0, 0.1) is 0 Å². The normalized spacial score (nSPS) is 11.9. The number of unbranched alkanes of at least 4 members (excludes halogenated alkanes) is 1. The second kappa shape index (κ2) is 8.15. The first-order valence-corrected chi connectivity index (χ1v) is 8.79. The number of hydrogen-bond acceptors (Lipinski definition) is 4. The maximum atomic E-state index is 12.0. The van der Waals surface area contributed by atoms with Crippen LogP contribution in [0.1, 0.15) is 39.5 Å². The summed E-state index contributed by atoms with van der Waals surface area (Å²) in [5.41, 5.74) is 1.02. The van der Waals surface area contributed by atoms with E-state index in [0.717, 1.165) is 40.8 Å². The van der Waals surface area contributed by atoms with Gasteiger partial charge in [0.05, 0.1) is 24.4 Å². The van der Waals surface area contributed by atoms with Gasteiger partial charge in [0, 0.05) is 25.1 Å². The van der Waals surface area contributed by atoms with E-state index in [1.54, 1.807) is 14.2 Å². The number of ether oxygens (including phenoxy) is 2. The fourth-order valence-electron chi connectivity index (χ4n) is 2.41. The third-order valence-corrected chi connectivity index (χ3v) is 4.64. The average molecular weight is 336 g/mol. The molecule has 0 saturated heterocycles. The molecule has 0 saturated carbocycles. The van der Waals surface area contributed by atoms with Crippen molar-refractivity contribution in [1.82, 2.24) is 4.57 Å². The number of hydrogen-bond donors (Lipinski definition) is 0. The van der Waals surface area contributed by atoms with E-state index in [-0.39, 0.29) is 5.91 Å². The Labute approximate surface area is 140 Å². The van der Waals surface area contributed by atoms with Crippen LogP contribution in [0.3, 0.4) is 0 Å². The number of benzene rings is 1. The summed E-state index contributed by atoms with van der Waals surface area (Å²) < 4.78 is 13.9. The smallest absolute Gasteiger partial charge is 0.248 e. The fraction of sp³-hybridized carbons (Fsp3) is 0.529. The van der Waals surface area contributed by atoms with Crippen LogP contribution in [-0.4, -0.2) is 24.7 Å². The maximum Gasteiger partial charge on any atom is 0.248 e. The molecule has 1 aromatic carbocycles. The molecule has 2 rings (SSSR count). The number of carbonyl (C=O) groups is 1. The minimum absolute atomic E-state index is 0.0535. The van der Waals surface area contributed by atoms with Gasteiger partial charge in [-0.1, -0.05) is 31.6 Å². The van der Waals surface area contributed by atoms with Gasteiger partial charge in [0.2, 0.25) is 5.91 Å². The van der Waals surface area contributed by atoms with Crippen LogP contribution in [0.5, 0.6) is 11.5 Å². The van der Waals surface area contributed by atoms with E-state index in [1.807, 2.05) is 12.1 Å². The zero-order valence-corrected chi connectivity index (χ0v) is 15.0. The van der Waals surface area contributed by atoms with Gasteiger partial charge in [-0.25, -0.2) is 0 Å². The third kappa shape index (κ3) is 3.93. The molecule has 5 nitrogen and oxygen atoms in total. The lowest BCUT2D eigenvalue weighted by Crippen LogP contribution is -2.16. The van der Waals surface area contributed by atoms with Crippen molar-refractivity contribution in [2.45, 2.75) is 46.1 Å². The van der Waals surface area contributed by atoms with Gasteiger partial charge in [-0.2, -0.15) is 4.99 Å². The van der Waals surface area contributed by atoms with Gasteiger partial charge in [0.15, 0.2) is 16.3 Å². The van der Waals surface area contributed by atoms with Crippen LogP contribution < -0.4 is 14.3 Å². The van der Waals surface area contributed by atoms with Gasteiger partial charge in [0.1, 0.15) is 0 Å². The molecule has 0 aliphatic rings. The summed E-state index contributed by atoms with van der Waals surface area (Å²) in [4.78, 5) is 17.1. The molecule has 1 aromatic heterocycles. The first kappa shape index (κ1) is 17.5. The maximum absolute atomic E-state index is 12.0. The number of rotatable bonds is 7. The number of aromatic nitrogens is 1. The Kier molecular flexibility index (Phi) is 6.21. The van der Waals surface area contributed by atoms with Crippen molar-refractivity contribution in [3.8, 4) is 11.5 Å². The van der Waals surface area contributed by atoms with Crippen LogP contribution in [0.4, 0.5) is 0 Å². The van der Waals surface area contributed by atoms with Crippen LogP contribution >= 0.6 is 11.3 Å². The summed E-state index contributed by atoms with van der Waals surface area (Å²) in [5.74, 6) is 1.32. The van der Waals surface area contributed by atoms with E-state index in [1.165, 1.54) is 11.3 Å². The van der Waals surface area contributed by atoms with E-state index in [2.05, 4.69) is 23.4 Å². The van der Waals surface area contributed by atoms with Crippen molar-refractivity contribution >= 4 is 27.5 Å². The molecular weight excluding hydrogens is 312 g/mol. The Balaban J connectivity index is 2.58. The summed E-state index contributed by atoms with van der Waals surface area (Å²) in [7, 11) is 3.25. The van der Waals surface area contributed by atoms with Crippen molar-refractivity contribution in [2.24, 2.45) is 4.99 Å². The summed E-state index contributed by atoms with van der Waals surface area (Å²) in [6.07, 6.45) is 3.35. The molecule has 2 aromatic rings. The molecule has 0 fully saturated rings. The number of aryl methyl sites for hydroxylation is 1. The van der Waals surface area contributed by atoms with Crippen LogP contribution in [0.25, 0.3) is 10.2 Å². The van der Waals surface area contributed by atoms with Crippen molar-refractivity contribution in [3.05, 3.63) is 16.9 Å². The van der Waals surface area contributed by atoms with Gasteiger partial charge in [0.25, 0.3) is 0 Å². The largest absolute Gasteiger partial charge is 0.493 e. The lowest BCUT2D eigenvalue weighted by molar-refractivity contribution is -0.118. The molecule has 0 atom stereocenters. The topological polar surface area (TPSA) is 52.8 Å². The SMILES string of the molecule is CCCCC(=O)N=c1sc2cc(OC)c(OC)cc2n1CCC. The molecule has 1 heterocycles. The number of amides is 1. The van der Waals surface area contributed by atoms with Gasteiger partial charge in [-0.3, -0.25) is 4.79 Å². The number of carbonyl (C=O) groups excluding carboxylic acids is 1. The van der Waals surface area contributed by atoms with Gasteiger partial charge in [-0.05, 0) is 12.8 Å². The van der Waals surface area contributed by atoms with Gasteiger partial charge >= 0.3 is 0 Å². The lowest BCUT2D eigenvalue weighted by atomic mass is 10.2. The highest BCUT2D eigenvalue weighted by molar-refractivity contribution is 7.16. The molecule has 23 heavy (non-hydrogen) atoms. The van der Waals surface area contributed by atoms with Gasteiger partial charge < -0.3 is 14.0 Å². The third-order valence-electron chi connectivity index (χ3n) is 3.60. The monoisotopic (exact) mass is 336 g/mol. The van der Waals surface area contributed by atoms with Crippen molar-refractivity contribution < 1.29 is 14.3 Å². The molecular formula is C17H24N2O3S. The Bertz CT molecular complexity index is 746. The second-order valence-electron chi connectivity index (χ2n) is 5.32. The Hall–Kier alpha value is -1.82. The van der Waals surface area contributed by atoms with Crippen LogP contribution in [0.15, 0.2) is 17.1 Å². The Morgan fingerprint density at radius 2 is 1.87 bits per heavy atom. The van der Waals surface area contributed by atoms with E-state index in [9.17, 15) is 4.79 Å². The Morgan fingerprint density at radius 1 is 1.17 bits per heavy atom. The Morgan fingerprint density at radius 3 is 2.48 bits per heavy atom. The van der Waals surface area contributed by atoms with E-state index < -0.39 is 0 Å². The summed E-state index contributed by atoms with van der Waals surface area (Å²) >= 11 is 1.51. The number of thiazole rings is 1. The van der Waals surface area contributed by atoms with E-state index >= 15 is 0 Å². The standard InChI is InChI=1S/C17H24N2O3S/c1-5-7-8-16(20)18-17-19(9-6-2)12-10-13(21-3)14(22-4)11-15(12)23-17/h10-11H,5-9H2,1-4H3. The first-order chi connectivity index (χ1) is 11.1. The molecule has 1 amide bonds. The van der Waals surface area contributed by atoms with Crippen LogP contribution in [-0.2, 0) is 11.3 Å². The highest BCUT2D eigenvalue weighted by Crippen LogP contribution is 2.33. The average Bonchev–Trinajstić information content (AvgIpc) is 2.88. The summed E-state index contributed by atoms with van der Waals surface area (Å²) in [5, 5.41) is 0. The second-order valence-corrected chi connectivity index (χ2v) is 6.33. The minimum Gasteiger partial charge on any atom is -0.493 e. The van der Waals surface area contributed by atoms with Crippen LogP contribution in [0.2, 0.25) is 0 Å². The molecule has 0 bridgehead atoms. The molecule has 0 radical (unpaired) electrons. The number of nitrogens with zero attached hydrogens (tertiary/aromatic N) is 2. The molecule has 0 unspecified atom stereocenters. The van der Waals surface area contributed by atoms with Crippen molar-refractivity contribution in [1.29, 1.82) is 0 Å². The lowest BCUT2D eigenvalue weighted by Gasteiger charge is -2.08. The fourth-order valence-corrected chi connectivity index (χ4v) is 3.50.